The van der Waals surface area contributed by atoms with Crippen LogP contribution in [0.15, 0.2) is 54.0 Å². The normalized spacial score (nSPS) is 11.6. The van der Waals surface area contributed by atoms with Crippen LogP contribution >= 0.6 is 0 Å². The van der Waals surface area contributed by atoms with Gasteiger partial charge in [-0.25, -0.2) is 4.68 Å². The van der Waals surface area contributed by atoms with Crippen LogP contribution in [0.2, 0.25) is 0 Å². The van der Waals surface area contributed by atoms with Crippen LogP contribution in [0.3, 0.4) is 0 Å². The summed E-state index contributed by atoms with van der Waals surface area (Å²) in [4.78, 5) is 4.67. The van der Waals surface area contributed by atoms with E-state index in [1.165, 1.54) is 5.56 Å². The van der Waals surface area contributed by atoms with Crippen LogP contribution in [-0.2, 0) is 19.4 Å². The topological polar surface area (TPSA) is 85.0 Å². The van der Waals surface area contributed by atoms with Crippen molar-refractivity contribution in [2.45, 2.75) is 33.2 Å². The van der Waals surface area contributed by atoms with Gasteiger partial charge in [0.25, 0.3) is 0 Å². The first kappa shape index (κ1) is 19.6. The Morgan fingerprint density at radius 1 is 1.14 bits per heavy atom. The molecule has 0 unspecified atom stereocenters. The molecule has 0 saturated heterocycles. The largest absolute Gasteiger partial charge is 0.357 e. The highest BCUT2D eigenvalue weighted by atomic mass is 15.3. The summed E-state index contributed by atoms with van der Waals surface area (Å²) in [6.07, 6.45) is 7.46. The lowest BCUT2D eigenvalue weighted by Crippen LogP contribution is -2.39. The van der Waals surface area contributed by atoms with E-state index in [1.807, 2.05) is 41.2 Å². The summed E-state index contributed by atoms with van der Waals surface area (Å²) in [5, 5.41) is 19.2. The average molecular weight is 381 g/mol. The Bertz CT molecular complexity index is 865. The summed E-state index contributed by atoms with van der Waals surface area (Å²) in [6, 6.07) is 10.1. The van der Waals surface area contributed by atoms with Gasteiger partial charge in [0.2, 0.25) is 0 Å². The van der Waals surface area contributed by atoms with Gasteiger partial charge < -0.3 is 15.2 Å². The molecular weight excluding hydrogens is 352 g/mol. The second kappa shape index (κ2) is 10.2. The van der Waals surface area contributed by atoms with Crippen LogP contribution < -0.4 is 10.6 Å². The standard InChI is InChI=1S/C20H28N8/c1-3-19-26-24-16-27(19)13-12-23-20(21-4-2)22-11-10-17-14-25-28(15-17)18-8-6-5-7-9-18/h5-9,14-16H,3-4,10-13H2,1-2H3,(H2,21,22,23). The first-order valence-electron chi connectivity index (χ1n) is 9.78. The molecule has 0 amide bonds. The summed E-state index contributed by atoms with van der Waals surface area (Å²) in [7, 11) is 0. The lowest BCUT2D eigenvalue weighted by atomic mass is 10.2. The second-order valence-electron chi connectivity index (χ2n) is 6.36. The quantitative estimate of drug-likeness (QED) is 0.437. The van der Waals surface area contributed by atoms with Crippen molar-refractivity contribution in [3.8, 4) is 5.69 Å². The molecule has 0 radical (unpaired) electrons. The van der Waals surface area contributed by atoms with Gasteiger partial charge in [0.1, 0.15) is 12.2 Å². The Morgan fingerprint density at radius 2 is 2.00 bits per heavy atom. The fraction of sp³-hybridized carbons (Fsp3) is 0.400. The van der Waals surface area contributed by atoms with Gasteiger partial charge in [0, 0.05) is 38.8 Å². The molecule has 0 bridgehead atoms. The van der Waals surface area contributed by atoms with Crippen LogP contribution in [0.5, 0.6) is 0 Å². The highest BCUT2D eigenvalue weighted by Gasteiger charge is 2.03. The number of aliphatic imine (C=N–C) groups is 1. The highest BCUT2D eigenvalue weighted by molar-refractivity contribution is 5.79. The maximum Gasteiger partial charge on any atom is 0.191 e. The Morgan fingerprint density at radius 3 is 2.79 bits per heavy atom. The molecule has 8 nitrogen and oxygen atoms in total. The highest BCUT2D eigenvalue weighted by Crippen LogP contribution is 2.08. The molecule has 28 heavy (non-hydrogen) atoms. The molecule has 1 aromatic carbocycles. The van der Waals surface area contributed by atoms with Gasteiger partial charge in [0.15, 0.2) is 5.96 Å². The molecule has 0 aliphatic carbocycles. The van der Waals surface area contributed by atoms with Crippen LogP contribution in [0.1, 0.15) is 25.2 Å². The minimum atomic E-state index is 0.697. The number of hydrogen-bond acceptors (Lipinski definition) is 4. The fourth-order valence-corrected chi connectivity index (χ4v) is 2.88. The van der Waals surface area contributed by atoms with Crippen molar-refractivity contribution in [2.24, 2.45) is 4.99 Å². The molecule has 0 spiro atoms. The molecule has 3 aromatic rings. The maximum absolute atomic E-state index is 4.67. The Balaban J connectivity index is 1.49. The minimum absolute atomic E-state index is 0.697. The van der Waals surface area contributed by atoms with Crippen LogP contribution in [0, 0.1) is 0 Å². The van der Waals surface area contributed by atoms with Gasteiger partial charge in [-0.05, 0) is 31.0 Å². The number of nitrogens with zero attached hydrogens (tertiary/aromatic N) is 6. The van der Waals surface area contributed by atoms with Crippen molar-refractivity contribution < 1.29 is 0 Å². The van der Waals surface area contributed by atoms with Gasteiger partial charge >= 0.3 is 0 Å². The van der Waals surface area contributed by atoms with Crippen molar-refractivity contribution >= 4 is 5.96 Å². The third kappa shape index (κ3) is 5.42. The second-order valence-corrected chi connectivity index (χ2v) is 6.36. The van der Waals surface area contributed by atoms with Crippen molar-refractivity contribution in [3.05, 3.63) is 60.4 Å². The summed E-state index contributed by atoms with van der Waals surface area (Å²) in [5.41, 5.74) is 2.23. The number of rotatable bonds is 9. The Labute approximate surface area is 165 Å². The zero-order valence-corrected chi connectivity index (χ0v) is 16.5. The van der Waals surface area contributed by atoms with Gasteiger partial charge in [-0.3, -0.25) is 4.99 Å². The van der Waals surface area contributed by atoms with E-state index in [0.29, 0.717) is 6.54 Å². The molecule has 2 heterocycles. The SMILES string of the molecule is CCNC(=NCCc1cnn(-c2ccccc2)c1)NCCn1cnnc1CC. The third-order valence-corrected chi connectivity index (χ3v) is 4.33. The first-order chi connectivity index (χ1) is 13.8. The van der Waals surface area contributed by atoms with E-state index in [0.717, 1.165) is 49.9 Å². The van der Waals surface area contributed by atoms with Crippen molar-refractivity contribution in [3.63, 3.8) is 0 Å². The molecule has 148 valence electrons. The fourth-order valence-electron chi connectivity index (χ4n) is 2.88. The number of guanidine groups is 1. The summed E-state index contributed by atoms with van der Waals surface area (Å²) < 4.78 is 3.96. The monoisotopic (exact) mass is 380 g/mol. The molecule has 0 saturated carbocycles. The smallest absolute Gasteiger partial charge is 0.191 e. The van der Waals surface area contributed by atoms with E-state index in [-0.39, 0.29) is 0 Å². The van der Waals surface area contributed by atoms with Crippen LogP contribution in [-0.4, -0.2) is 50.1 Å². The first-order valence-corrected chi connectivity index (χ1v) is 9.78. The zero-order valence-electron chi connectivity index (χ0n) is 16.5. The molecule has 2 N–H and O–H groups in total. The molecular formula is C20H28N8. The molecule has 0 fully saturated rings. The van der Waals surface area contributed by atoms with Crippen molar-refractivity contribution in [1.82, 2.24) is 35.2 Å². The van der Waals surface area contributed by atoms with Crippen LogP contribution in [0.4, 0.5) is 0 Å². The van der Waals surface area contributed by atoms with Gasteiger partial charge in [-0.1, -0.05) is 25.1 Å². The lowest BCUT2D eigenvalue weighted by Gasteiger charge is -2.12. The van der Waals surface area contributed by atoms with Gasteiger partial charge in [-0.15, -0.1) is 10.2 Å². The minimum Gasteiger partial charge on any atom is -0.357 e. The number of para-hydroxylation sites is 1. The molecule has 0 atom stereocenters. The number of aryl methyl sites for hydroxylation is 1. The Hall–Kier alpha value is -3.16. The molecule has 0 aliphatic rings. The number of aromatic nitrogens is 5. The van der Waals surface area contributed by atoms with Crippen molar-refractivity contribution in [1.29, 1.82) is 0 Å². The summed E-state index contributed by atoms with van der Waals surface area (Å²) in [5.74, 6) is 1.82. The van der Waals surface area contributed by atoms with E-state index in [9.17, 15) is 0 Å². The molecule has 0 aliphatic heterocycles. The summed E-state index contributed by atoms with van der Waals surface area (Å²) >= 11 is 0. The third-order valence-electron chi connectivity index (χ3n) is 4.33. The average Bonchev–Trinajstić information content (AvgIpc) is 3.38. The van der Waals surface area contributed by atoms with Crippen molar-refractivity contribution in [2.75, 3.05) is 19.6 Å². The molecule has 2 aromatic heterocycles. The van der Waals surface area contributed by atoms with Crippen LogP contribution in [0.25, 0.3) is 5.69 Å². The van der Waals surface area contributed by atoms with E-state index in [1.54, 1.807) is 6.33 Å². The maximum atomic E-state index is 4.67. The summed E-state index contributed by atoms with van der Waals surface area (Å²) in [6.45, 7) is 7.25. The predicted molar refractivity (Wildman–Crippen MR) is 111 cm³/mol. The van der Waals surface area contributed by atoms with E-state index >= 15 is 0 Å². The van der Waals surface area contributed by atoms with Gasteiger partial charge in [-0.2, -0.15) is 5.10 Å². The number of benzene rings is 1. The van der Waals surface area contributed by atoms with Gasteiger partial charge in [0.05, 0.1) is 11.9 Å². The number of nitrogens with one attached hydrogen (secondary N) is 2. The van der Waals surface area contributed by atoms with E-state index in [2.05, 4.69) is 55.5 Å². The lowest BCUT2D eigenvalue weighted by molar-refractivity contribution is 0.632. The Kier molecular flexibility index (Phi) is 7.17. The molecule has 8 heteroatoms. The zero-order chi connectivity index (χ0) is 19.6. The van der Waals surface area contributed by atoms with E-state index in [4.69, 9.17) is 0 Å². The molecule has 3 rings (SSSR count). The number of hydrogen-bond donors (Lipinski definition) is 2. The predicted octanol–water partition coefficient (Wildman–Crippen LogP) is 1.82. The van der Waals surface area contributed by atoms with E-state index < -0.39 is 0 Å².